The molecule has 0 aliphatic rings. The molecule has 0 fully saturated rings. The number of methoxy groups -OCH3 is 1. The maximum Gasteiger partial charge on any atom is 0.339 e. The van der Waals surface area contributed by atoms with Gasteiger partial charge in [-0.2, -0.15) is 0 Å². The summed E-state index contributed by atoms with van der Waals surface area (Å²) in [6.45, 7) is 2.39. The minimum Gasteiger partial charge on any atom is -0.497 e. The lowest BCUT2D eigenvalue weighted by Crippen LogP contribution is -2.26. The van der Waals surface area contributed by atoms with Crippen molar-refractivity contribution in [3.63, 3.8) is 0 Å². The Labute approximate surface area is 157 Å². The zero-order chi connectivity index (χ0) is 19.2. The van der Waals surface area contributed by atoms with Gasteiger partial charge in [0.2, 0.25) is 5.91 Å². The van der Waals surface area contributed by atoms with Gasteiger partial charge in [0.05, 0.1) is 7.11 Å². The maximum atomic E-state index is 12.3. The van der Waals surface area contributed by atoms with E-state index >= 15 is 0 Å². The van der Waals surface area contributed by atoms with Gasteiger partial charge in [0, 0.05) is 48.3 Å². The van der Waals surface area contributed by atoms with Gasteiger partial charge in [-0.25, -0.2) is 4.79 Å². The molecule has 1 N–H and O–H groups in total. The highest BCUT2D eigenvalue weighted by Gasteiger charge is 2.13. The van der Waals surface area contributed by atoms with Crippen LogP contribution in [0.15, 0.2) is 51.8 Å². The van der Waals surface area contributed by atoms with Crippen molar-refractivity contribution in [2.24, 2.45) is 0 Å². The number of carbonyl (C=O) groups excluding carboxylic acids is 1. The lowest BCUT2D eigenvalue weighted by atomic mass is 10.0. The van der Waals surface area contributed by atoms with Crippen LogP contribution >= 0.6 is 0 Å². The average Bonchev–Trinajstić information content (AvgIpc) is 2.68. The van der Waals surface area contributed by atoms with Crippen molar-refractivity contribution in [3.8, 4) is 5.75 Å². The number of fused-ring (bicyclic) bond motifs is 1. The fraction of sp³-hybridized carbons (Fsp3) is 0.286. The fourth-order valence-corrected chi connectivity index (χ4v) is 2.99. The second kappa shape index (κ2) is 8.49. The van der Waals surface area contributed by atoms with E-state index in [0.29, 0.717) is 36.3 Å². The zero-order valence-corrected chi connectivity index (χ0v) is 15.5. The first-order chi connectivity index (χ1) is 13.1. The summed E-state index contributed by atoms with van der Waals surface area (Å²) < 4.78 is 10.6. The molecule has 27 heavy (non-hydrogen) atoms. The summed E-state index contributed by atoms with van der Waals surface area (Å²) >= 11 is 0. The maximum absolute atomic E-state index is 12.3. The Morgan fingerprint density at radius 2 is 2.07 bits per heavy atom. The summed E-state index contributed by atoms with van der Waals surface area (Å²) in [7, 11) is 1.56. The Balaban J connectivity index is 1.62. The minimum absolute atomic E-state index is 0.0976. The summed E-state index contributed by atoms with van der Waals surface area (Å²) in [6.07, 6.45) is 2.97. The number of aromatic nitrogens is 1. The highest BCUT2D eigenvalue weighted by atomic mass is 16.5. The van der Waals surface area contributed by atoms with Crippen LogP contribution in [0.25, 0.3) is 11.0 Å². The average molecular weight is 366 g/mol. The van der Waals surface area contributed by atoms with Gasteiger partial charge in [0.25, 0.3) is 0 Å². The molecule has 0 saturated carbocycles. The van der Waals surface area contributed by atoms with Crippen molar-refractivity contribution < 1.29 is 13.9 Å². The van der Waals surface area contributed by atoms with Crippen LogP contribution < -0.4 is 15.7 Å². The molecule has 0 saturated heterocycles. The van der Waals surface area contributed by atoms with Crippen LogP contribution in [0.5, 0.6) is 5.75 Å². The number of hydrogen-bond acceptors (Lipinski definition) is 5. The first-order valence-corrected chi connectivity index (χ1v) is 8.85. The molecule has 0 spiro atoms. The highest BCUT2D eigenvalue weighted by Crippen LogP contribution is 2.24. The first-order valence-electron chi connectivity index (χ1n) is 8.85. The second-order valence-electron chi connectivity index (χ2n) is 6.28. The van der Waals surface area contributed by atoms with Crippen molar-refractivity contribution >= 4 is 16.9 Å². The van der Waals surface area contributed by atoms with Crippen molar-refractivity contribution in [3.05, 3.63) is 69.8 Å². The Morgan fingerprint density at radius 1 is 1.22 bits per heavy atom. The Bertz CT molecular complexity index is 996. The highest BCUT2D eigenvalue weighted by molar-refractivity contribution is 5.82. The molecule has 0 unspecified atom stereocenters. The van der Waals surface area contributed by atoms with Crippen molar-refractivity contribution in [1.29, 1.82) is 0 Å². The van der Waals surface area contributed by atoms with Crippen LogP contribution in [0.1, 0.15) is 23.2 Å². The van der Waals surface area contributed by atoms with Crippen LogP contribution in [0.3, 0.4) is 0 Å². The van der Waals surface area contributed by atoms with Crippen molar-refractivity contribution in [1.82, 2.24) is 10.3 Å². The van der Waals surface area contributed by atoms with Gasteiger partial charge in [-0.15, -0.1) is 0 Å². The number of nitrogens with one attached hydrogen (secondary N) is 1. The van der Waals surface area contributed by atoms with Crippen molar-refractivity contribution in [2.75, 3.05) is 13.7 Å². The number of carbonyl (C=O) groups is 1. The monoisotopic (exact) mass is 366 g/mol. The van der Waals surface area contributed by atoms with Crippen LogP contribution in [-0.2, 0) is 17.6 Å². The third kappa shape index (κ3) is 4.53. The zero-order valence-electron chi connectivity index (χ0n) is 15.5. The molecule has 0 radical (unpaired) electrons. The Morgan fingerprint density at radius 3 is 2.81 bits per heavy atom. The van der Waals surface area contributed by atoms with E-state index in [-0.39, 0.29) is 12.3 Å². The fourth-order valence-electron chi connectivity index (χ4n) is 2.99. The molecule has 6 heteroatoms. The standard InChI is InChI=1S/C21H22N2O4/c1-14-17-7-6-16(26-2)13-19(17)27-21(25)18(14)8-9-20(24)23-12-10-15-5-3-4-11-22-15/h3-7,11,13H,8-10,12H2,1-2H3,(H,23,24). The lowest BCUT2D eigenvalue weighted by molar-refractivity contribution is -0.121. The number of benzene rings is 1. The predicted molar refractivity (Wildman–Crippen MR) is 103 cm³/mol. The van der Waals surface area contributed by atoms with Crippen molar-refractivity contribution in [2.45, 2.75) is 26.2 Å². The molecule has 0 aliphatic carbocycles. The molecule has 0 bridgehead atoms. The molecule has 3 rings (SSSR count). The summed E-state index contributed by atoms with van der Waals surface area (Å²) in [4.78, 5) is 28.6. The quantitative estimate of drug-likeness (QED) is 0.650. The van der Waals surface area contributed by atoms with Crippen LogP contribution in [-0.4, -0.2) is 24.5 Å². The smallest absolute Gasteiger partial charge is 0.339 e. The Hall–Kier alpha value is -3.15. The SMILES string of the molecule is COc1ccc2c(C)c(CCC(=O)NCCc3ccccn3)c(=O)oc2c1. The van der Waals surface area contributed by atoms with Gasteiger partial charge in [0.1, 0.15) is 11.3 Å². The molecule has 1 amide bonds. The second-order valence-corrected chi connectivity index (χ2v) is 6.28. The molecule has 6 nitrogen and oxygen atoms in total. The van der Waals surface area contributed by atoms with E-state index in [1.54, 1.807) is 19.4 Å². The number of amides is 1. The number of rotatable bonds is 7. The van der Waals surface area contributed by atoms with Gasteiger partial charge in [-0.1, -0.05) is 6.07 Å². The molecule has 2 aromatic heterocycles. The molecule has 0 aliphatic heterocycles. The molecule has 3 aromatic rings. The molecular weight excluding hydrogens is 344 g/mol. The molecule has 2 heterocycles. The normalized spacial score (nSPS) is 10.7. The van der Waals surface area contributed by atoms with E-state index in [1.807, 2.05) is 37.3 Å². The molecule has 0 atom stereocenters. The number of ether oxygens (including phenoxy) is 1. The number of pyridine rings is 1. The van der Waals surface area contributed by atoms with E-state index in [4.69, 9.17) is 9.15 Å². The Kier molecular flexibility index (Phi) is 5.86. The number of aryl methyl sites for hydroxylation is 1. The molecule has 1 aromatic carbocycles. The van der Waals surface area contributed by atoms with E-state index in [0.717, 1.165) is 16.6 Å². The summed E-state index contributed by atoms with van der Waals surface area (Å²) in [5.74, 6) is 0.532. The first kappa shape index (κ1) is 18.6. The van der Waals surface area contributed by atoms with E-state index in [9.17, 15) is 9.59 Å². The largest absolute Gasteiger partial charge is 0.497 e. The van der Waals surface area contributed by atoms with Crippen LogP contribution in [0, 0.1) is 6.92 Å². The third-order valence-corrected chi connectivity index (χ3v) is 4.53. The van der Waals surface area contributed by atoms with Gasteiger partial charge >= 0.3 is 5.63 Å². The van der Waals surface area contributed by atoms with Gasteiger partial charge in [-0.05, 0) is 43.2 Å². The number of nitrogens with zero attached hydrogens (tertiary/aromatic N) is 1. The topological polar surface area (TPSA) is 81.4 Å². The summed E-state index contributed by atoms with van der Waals surface area (Å²) in [6, 6.07) is 11.1. The molecular formula is C21H22N2O4. The van der Waals surface area contributed by atoms with Crippen LogP contribution in [0.4, 0.5) is 0 Å². The third-order valence-electron chi connectivity index (χ3n) is 4.53. The number of hydrogen-bond donors (Lipinski definition) is 1. The van der Waals surface area contributed by atoms with Crippen LogP contribution in [0.2, 0.25) is 0 Å². The minimum atomic E-state index is -0.408. The summed E-state index contributed by atoms with van der Waals surface area (Å²) in [5, 5.41) is 3.71. The van der Waals surface area contributed by atoms with Gasteiger partial charge < -0.3 is 14.5 Å². The van der Waals surface area contributed by atoms with E-state index in [2.05, 4.69) is 10.3 Å². The van der Waals surface area contributed by atoms with E-state index in [1.165, 1.54) is 0 Å². The molecule has 140 valence electrons. The summed E-state index contributed by atoms with van der Waals surface area (Å²) in [5.41, 5.74) is 2.38. The lowest BCUT2D eigenvalue weighted by Gasteiger charge is -2.09. The van der Waals surface area contributed by atoms with Gasteiger partial charge in [-0.3, -0.25) is 9.78 Å². The predicted octanol–water partition coefficient (Wildman–Crippen LogP) is 2.80. The van der Waals surface area contributed by atoms with E-state index < -0.39 is 5.63 Å². The van der Waals surface area contributed by atoms with Gasteiger partial charge in [0.15, 0.2) is 0 Å².